The summed E-state index contributed by atoms with van der Waals surface area (Å²) < 4.78 is 5.28. The number of nitrogens with two attached hydrogens (primary N) is 1. The Kier molecular flexibility index (Phi) is 6.32. The molecule has 3 N–H and O–H groups in total. The second-order valence-electron chi connectivity index (χ2n) is 4.47. The zero-order valence-electron chi connectivity index (χ0n) is 11.8. The molecule has 0 aliphatic carbocycles. The third-order valence-electron chi connectivity index (χ3n) is 2.99. The Morgan fingerprint density at radius 1 is 1.53 bits per heavy atom. The van der Waals surface area contributed by atoms with Crippen LogP contribution in [0, 0.1) is 0 Å². The second kappa shape index (κ2) is 7.76. The fraction of sp³-hybridized carbons (Fsp3) is 0.500. The average molecular weight is 265 g/mol. The molecule has 106 valence electrons. The van der Waals surface area contributed by atoms with Crippen LogP contribution < -0.4 is 11.1 Å². The Bertz CT molecular complexity index is 409. The number of rotatable bonds is 7. The van der Waals surface area contributed by atoms with E-state index in [2.05, 4.69) is 5.32 Å². The predicted octanol–water partition coefficient (Wildman–Crippen LogP) is 1.56. The van der Waals surface area contributed by atoms with Crippen molar-refractivity contribution in [3.8, 4) is 0 Å². The molecule has 1 atom stereocenters. The summed E-state index contributed by atoms with van der Waals surface area (Å²) in [6, 6.07) is 6.94. The van der Waals surface area contributed by atoms with Crippen LogP contribution in [0.4, 0.5) is 11.4 Å². The Morgan fingerprint density at radius 3 is 2.89 bits per heavy atom. The molecule has 19 heavy (non-hydrogen) atoms. The zero-order valence-corrected chi connectivity index (χ0v) is 11.8. The first kappa shape index (κ1) is 15.5. The van der Waals surface area contributed by atoms with E-state index >= 15 is 0 Å². The monoisotopic (exact) mass is 265 g/mol. The number of benzene rings is 1. The van der Waals surface area contributed by atoms with Crippen molar-refractivity contribution in [1.29, 1.82) is 0 Å². The number of anilines is 2. The maximum Gasteiger partial charge on any atom is 0.241 e. The topological polar surface area (TPSA) is 67.6 Å². The molecule has 1 amide bonds. The molecule has 0 spiro atoms. The summed E-state index contributed by atoms with van der Waals surface area (Å²) in [7, 11) is 1.91. The average Bonchev–Trinajstić information content (AvgIpc) is 2.38. The van der Waals surface area contributed by atoms with E-state index in [0.717, 1.165) is 12.2 Å². The van der Waals surface area contributed by atoms with Crippen LogP contribution in [0.1, 0.15) is 13.8 Å². The maximum atomic E-state index is 12.1. The van der Waals surface area contributed by atoms with Gasteiger partial charge >= 0.3 is 0 Å². The molecule has 0 heterocycles. The summed E-state index contributed by atoms with van der Waals surface area (Å²) in [5, 5.41) is 2.85. The molecular weight excluding hydrogens is 242 g/mol. The number of carbonyl (C=O) groups is 1. The number of likely N-dealkylation sites (N-methyl/N-ethyl adjacent to an activating group) is 1. The number of amides is 1. The summed E-state index contributed by atoms with van der Waals surface area (Å²) in [6.45, 7) is 5.86. The molecule has 1 unspecified atom stereocenters. The van der Waals surface area contributed by atoms with Gasteiger partial charge in [0.2, 0.25) is 5.91 Å². The third-order valence-corrected chi connectivity index (χ3v) is 2.99. The van der Waals surface area contributed by atoms with Crippen LogP contribution in [-0.4, -0.2) is 43.7 Å². The molecule has 0 fully saturated rings. The van der Waals surface area contributed by atoms with E-state index in [1.54, 1.807) is 12.1 Å². The minimum absolute atomic E-state index is 0.0513. The van der Waals surface area contributed by atoms with E-state index in [-0.39, 0.29) is 11.9 Å². The molecule has 0 aliphatic heterocycles. The van der Waals surface area contributed by atoms with Crippen molar-refractivity contribution < 1.29 is 9.53 Å². The van der Waals surface area contributed by atoms with Crippen molar-refractivity contribution in [1.82, 2.24) is 4.90 Å². The minimum Gasteiger partial charge on any atom is -0.399 e. The van der Waals surface area contributed by atoms with E-state index in [9.17, 15) is 4.79 Å². The van der Waals surface area contributed by atoms with E-state index < -0.39 is 0 Å². The molecule has 1 aromatic carbocycles. The lowest BCUT2D eigenvalue weighted by Crippen LogP contribution is -2.41. The van der Waals surface area contributed by atoms with Gasteiger partial charge in [0.15, 0.2) is 0 Å². The summed E-state index contributed by atoms with van der Waals surface area (Å²) in [5.74, 6) is -0.0513. The van der Waals surface area contributed by atoms with Crippen LogP contribution in [0.5, 0.6) is 0 Å². The van der Waals surface area contributed by atoms with Crippen molar-refractivity contribution in [3.63, 3.8) is 0 Å². The lowest BCUT2D eigenvalue weighted by atomic mass is 10.2. The van der Waals surface area contributed by atoms with Gasteiger partial charge in [-0.15, -0.1) is 0 Å². The molecule has 1 aromatic rings. The number of nitrogens with zero attached hydrogens (tertiary/aromatic N) is 1. The molecule has 0 radical (unpaired) electrons. The standard InChI is InChI=1S/C14H23N3O2/c1-4-19-9-8-17(3)11(2)14(18)16-13-7-5-6-12(15)10-13/h5-7,10-11H,4,8-9,15H2,1-3H3,(H,16,18). The normalized spacial score (nSPS) is 12.4. The van der Waals surface area contributed by atoms with Gasteiger partial charge in [0, 0.05) is 24.5 Å². The largest absolute Gasteiger partial charge is 0.399 e. The van der Waals surface area contributed by atoms with Crippen LogP contribution in [-0.2, 0) is 9.53 Å². The van der Waals surface area contributed by atoms with Crippen LogP contribution in [0.2, 0.25) is 0 Å². The summed E-state index contributed by atoms with van der Waals surface area (Å²) >= 11 is 0. The highest BCUT2D eigenvalue weighted by atomic mass is 16.5. The molecule has 0 saturated carbocycles. The Morgan fingerprint density at radius 2 is 2.26 bits per heavy atom. The van der Waals surface area contributed by atoms with E-state index in [1.807, 2.05) is 37.9 Å². The first-order valence-electron chi connectivity index (χ1n) is 6.49. The lowest BCUT2D eigenvalue weighted by Gasteiger charge is -2.23. The highest BCUT2D eigenvalue weighted by Gasteiger charge is 2.17. The molecule has 5 nitrogen and oxygen atoms in total. The Balaban J connectivity index is 2.48. The fourth-order valence-electron chi connectivity index (χ4n) is 1.61. The lowest BCUT2D eigenvalue weighted by molar-refractivity contribution is -0.120. The van der Waals surface area contributed by atoms with Crippen molar-refractivity contribution in [2.75, 3.05) is 37.9 Å². The number of ether oxygens (including phenoxy) is 1. The van der Waals surface area contributed by atoms with Gasteiger partial charge in [-0.1, -0.05) is 6.07 Å². The summed E-state index contributed by atoms with van der Waals surface area (Å²) in [4.78, 5) is 14.0. The molecule has 5 heteroatoms. The van der Waals surface area contributed by atoms with Crippen LogP contribution in [0.15, 0.2) is 24.3 Å². The van der Waals surface area contributed by atoms with E-state index in [1.165, 1.54) is 0 Å². The fourth-order valence-corrected chi connectivity index (χ4v) is 1.61. The van der Waals surface area contributed by atoms with Gasteiger partial charge in [0.1, 0.15) is 0 Å². The number of hydrogen-bond acceptors (Lipinski definition) is 4. The summed E-state index contributed by atoms with van der Waals surface area (Å²) in [6.07, 6.45) is 0. The van der Waals surface area contributed by atoms with Crippen LogP contribution in [0.25, 0.3) is 0 Å². The maximum absolute atomic E-state index is 12.1. The minimum atomic E-state index is -0.220. The number of carbonyl (C=O) groups excluding carboxylic acids is 1. The predicted molar refractivity (Wildman–Crippen MR) is 78.1 cm³/mol. The Hall–Kier alpha value is -1.59. The van der Waals surface area contributed by atoms with Gasteiger partial charge in [0.25, 0.3) is 0 Å². The van der Waals surface area contributed by atoms with Crippen LogP contribution >= 0.6 is 0 Å². The van der Waals surface area contributed by atoms with E-state index in [4.69, 9.17) is 10.5 Å². The number of nitrogens with one attached hydrogen (secondary N) is 1. The van der Waals surface area contributed by atoms with Crippen LogP contribution in [0.3, 0.4) is 0 Å². The molecular formula is C14H23N3O2. The number of nitrogen functional groups attached to an aromatic ring is 1. The summed E-state index contributed by atoms with van der Waals surface area (Å²) in [5.41, 5.74) is 7.03. The van der Waals surface area contributed by atoms with Crippen molar-refractivity contribution >= 4 is 17.3 Å². The molecule has 0 saturated heterocycles. The van der Waals surface area contributed by atoms with Crippen molar-refractivity contribution in [3.05, 3.63) is 24.3 Å². The third kappa shape index (κ3) is 5.28. The molecule has 0 bridgehead atoms. The quantitative estimate of drug-likeness (QED) is 0.580. The SMILES string of the molecule is CCOCCN(C)C(C)C(=O)Nc1cccc(N)c1. The van der Waals surface area contributed by atoms with Gasteiger partial charge in [-0.2, -0.15) is 0 Å². The van der Waals surface area contributed by atoms with E-state index in [0.29, 0.717) is 18.9 Å². The Labute approximate surface area is 114 Å². The van der Waals surface area contributed by atoms with Gasteiger partial charge < -0.3 is 15.8 Å². The first-order chi connectivity index (χ1) is 9.04. The first-order valence-corrected chi connectivity index (χ1v) is 6.49. The van der Waals surface area contributed by atoms with Gasteiger partial charge in [-0.3, -0.25) is 9.69 Å². The van der Waals surface area contributed by atoms with Gasteiger partial charge in [0.05, 0.1) is 12.6 Å². The van der Waals surface area contributed by atoms with Crippen molar-refractivity contribution in [2.24, 2.45) is 0 Å². The number of hydrogen-bond donors (Lipinski definition) is 2. The van der Waals surface area contributed by atoms with Crippen molar-refractivity contribution in [2.45, 2.75) is 19.9 Å². The van der Waals surface area contributed by atoms with Gasteiger partial charge in [-0.05, 0) is 39.1 Å². The highest BCUT2D eigenvalue weighted by molar-refractivity contribution is 5.94. The second-order valence-corrected chi connectivity index (χ2v) is 4.47. The zero-order chi connectivity index (χ0) is 14.3. The molecule has 1 rings (SSSR count). The molecule has 0 aliphatic rings. The highest BCUT2D eigenvalue weighted by Crippen LogP contribution is 2.12. The van der Waals surface area contributed by atoms with Gasteiger partial charge in [-0.25, -0.2) is 0 Å². The smallest absolute Gasteiger partial charge is 0.241 e. The molecule has 0 aromatic heterocycles.